The minimum Gasteiger partial charge on any atom is -0.369 e. The number of nitrogens with zero attached hydrogens (tertiary/aromatic N) is 2. The molecule has 0 unspecified atom stereocenters. The fraction of sp³-hybridized carbons (Fsp3) is 0.458. The lowest BCUT2D eigenvalue weighted by molar-refractivity contribution is -0.136. The Morgan fingerprint density at radius 1 is 0.967 bits per heavy atom. The van der Waals surface area contributed by atoms with Crippen LogP contribution in [0.15, 0.2) is 54.6 Å². The van der Waals surface area contributed by atoms with Crippen LogP contribution in [0.4, 0.5) is 5.69 Å². The highest BCUT2D eigenvalue weighted by Gasteiger charge is 2.29. The van der Waals surface area contributed by atoms with Crippen LogP contribution < -0.4 is 21.3 Å². The molecular weight excluding hydrogens is 374 g/mol. The Hall–Kier alpha value is -2.41. The lowest BCUT2D eigenvalue weighted by atomic mass is 9.97. The molecule has 0 aromatic heterocycles. The van der Waals surface area contributed by atoms with E-state index in [4.69, 9.17) is 5.73 Å². The van der Waals surface area contributed by atoms with Crippen molar-refractivity contribution in [2.75, 3.05) is 44.2 Å². The molecule has 2 atom stereocenters. The van der Waals surface area contributed by atoms with Gasteiger partial charge in [-0.05, 0) is 36.1 Å². The molecule has 2 aliphatic heterocycles. The van der Waals surface area contributed by atoms with Gasteiger partial charge >= 0.3 is 0 Å². The second-order valence-electron chi connectivity index (χ2n) is 8.36. The molecule has 30 heavy (non-hydrogen) atoms. The van der Waals surface area contributed by atoms with E-state index >= 15 is 0 Å². The summed E-state index contributed by atoms with van der Waals surface area (Å²) in [4.78, 5) is 17.3. The summed E-state index contributed by atoms with van der Waals surface area (Å²) in [6.45, 7) is 6.35. The van der Waals surface area contributed by atoms with E-state index in [1.165, 1.54) is 16.8 Å². The minimum absolute atomic E-state index is 0.0543. The zero-order valence-electron chi connectivity index (χ0n) is 17.6. The standard InChI is InChI=1S/C24H33N5O/c25-21(15-20-7-4-8-22(16-20)28-12-9-26-10-13-28)17-23-24(30)29(14-11-27-23)18-19-5-2-1-3-6-19/h1-8,16,21,23,26-27H,9-15,17-18,25H2/t21-,23-/m0/s1. The molecule has 0 radical (unpaired) electrons. The number of nitrogens with one attached hydrogen (secondary N) is 2. The number of carbonyl (C=O) groups is 1. The Morgan fingerprint density at radius 2 is 1.73 bits per heavy atom. The van der Waals surface area contributed by atoms with Gasteiger partial charge in [0.05, 0.1) is 6.04 Å². The predicted octanol–water partition coefficient (Wildman–Crippen LogP) is 1.36. The third-order valence-corrected chi connectivity index (χ3v) is 6.03. The van der Waals surface area contributed by atoms with Gasteiger partial charge in [0.25, 0.3) is 0 Å². The summed E-state index contributed by atoms with van der Waals surface area (Å²) in [6.07, 6.45) is 1.44. The fourth-order valence-corrected chi connectivity index (χ4v) is 4.43. The molecule has 2 heterocycles. The number of amides is 1. The summed E-state index contributed by atoms with van der Waals surface area (Å²) in [5, 5.41) is 6.77. The maximum Gasteiger partial charge on any atom is 0.240 e. The Balaban J connectivity index is 1.33. The van der Waals surface area contributed by atoms with E-state index < -0.39 is 0 Å². The first-order valence-electron chi connectivity index (χ1n) is 11.1. The third-order valence-electron chi connectivity index (χ3n) is 6.03. The summed E-state index contributed by atoms with van der Waals surface area (Å²) >= 11 is 0. The normalized spacial score (nSPS) is 21.0. The zero-order chi connectivity index (χ0) is 20.8. The average molecular weight is 408 g/mol. The fourth-order valence-electron chi connectivity index (χ4n) is 4.43. The number of hydrogen-bond donors (Lipinski definition) is 3. The molecule has 2 aliphatic rings. The first-order valence-corrected chi connectivity index (χ1v) is 11.1. The van der Waals surface area contributed by atoms with Crippen LogP contribution in [0.5, 0.6) is 0 Å². The summed E-state index contributed by atoms with van der Waals surface area (Å²) in [6, 6.07) is 18.6. The van der Waals surface area contributed by atoms with Gasteiger partial charge in [0.15, 0.2) is 0 Å². The molecule has 6 nitrogen and oxygen atoms in total. The molecule has 160 valence electrons. The lowest BCUT2D eigenvalue weighted by Crippen LogP contribution is -2.56. The first-order chi connectivity index (χ1) is 14.7. The molecule has 6 heteroatoms. The molecule has 0 aliphatic carbocycles. The van der Waals surface area contributed by atoms with Crippen molar-refractivity contribution >= 4 is 11.6 Å². The number of benzene rings is 2. The summed E-state index contributed by atoms with van der Waals surface area (Å²) in [5.41, 5.74) is 10.2. The minimum atomic E-state index is -0.200. The van der Waals surface area contributed by atoms with Crippen LogP contribution in [0.1, 0.15) is 17.5 Å². The van der Waals surface area contributed by atoms with Crippen molar-refractivity contribution in [1.29, 1.82) is 0 Å². The van der Waals surface area contributed by atoms with E-state index in [0.29, 0.717) is 13.0 Å². The number of hydrogen-bond acceptors (Lipinski definition) is 5. The van der Waals surface area contributed by atoms with Crippen LogP contribution in [0.2, 0.25) is 0 Å². The van der Waals surface area contributed by atoms with Crippen molar-refractivity contribution in [3.8, 4) is 0 Å². The first kappa shape index (κ1) is 20.8. The largest absolute Gasteiger partial charge is 0.369 e. The van der Waals surface area contributed by atoms with Crippen LogP contribution >= 0.6 is 0 Å². The van der Waals surface area contributed by atoms with Crippen LogP contribution in [-0.4, -0.2) is 62.2 Å². The highest BCUT2D eigenvalue weighted by Crippen LogP contribution is 2.19. The Kier molecular flexibility index (Phi) is 7.00. The maximum absolute atomic E-state index is 13.0. The van der Waals surface area contributed by atoms with E-state index in [1.54, 1.807) is 0 Å². The smallest absolute Gasteiger partial charge is 0.240 e. The molecular formula is C24H33N5O. The van der Waals surface area contributed by atoms with Gasteiger partial charge in [-0.25, -0.2) is 0 Å². The lowest BCUT2D eigenvalue weighted by Gasteiger charge is -2.34. The second-order valence-corrected chi connectivity index (χ2v) is 8.36. The van der Waals surface area contributed by atoms with Crippen molar-refractivity contribution in [1.82, 2.24) is 15.5 Å². The number of piperazine rings is 2. The van der Waals surface area contributed by atoms with Gasteiger partial charge in [-0.1, -0.05) is 42.5 Å². The van der Waals surface area contributed by atoms with Crippen LogP contribution in [0, 0.1) is 0 Å². The van der Waals surface area contributed by atoms with E-state index in [-0.39, 0.29) is 18.0 Å². The number of nitrogens with two attached hydrogens (primary N) is 1. The van der Waals surface area contributed by atoms with Crippen LogP contribution in [-0.2, 0) is 17.8 Å². The summed E-state index contributed by atoms with van der Waals surface area (Å²) < 4.78 is 0. The molecule has 4 N–H and O–H groups in total. The van der Waals surface area contributed by atoms with Crippen LogP contribution in [0.25, 0.3) is 0 Å². The number of carbonyl (C=O) groups excluding carboxylic acids is 1. The molecule has 0 bridgehead atoms. The quantitative estimate of drug-likeness (QED) is 0.646. The highest BCUT2D eigenvalue weighted by atomic mass is 16.2. The van der Waals surface area contributed by atoms with Gasteiger partial charge < -0.3 is 26.2 Å². The Bertz CT molecular complexity index is 821. The van der Waals surface area contributed by atoms with Crippen molar-refractivity contribution in [2.24, 2.45) is 5.73 Å². The summed E-state index contributed by atoms with van der Waals surface area (Å²) in [5.74, 6) is 0.162. The van der Waals surface area contributed by atoms with Crippen molar-refractivity contribution in [2.45, 2.75) is 31.5 Å². The number of anilines is 1. The van der Waals surface area contributed by atoms with Gasteiger partial charge in [-0.15, -0.1) is 0 Å². The Labute approximate surface area is 179 Å². The molecule has 2 aromatic rings. The molecule has 4 rings (SSSR count). The molecule has 0 spiro atoms. The second kappa shape index (κ2) is 10.1. The van der Waals surface area contributed by atoms with Crippen molar-refractivity contribution in [3.05, 3.63) is 65.7 Å². The molecule has 2 fully saturated rings. The van der Waals surface area contributed by atoms with Gasteiger partial charge in [0.1, 0.15) is 0 Å². The van der Waals surface area contributed by atoms with Gasteiger partial charge in [0.2, 0.25) is 5.91 Å². The van der Waals surface area contributed by atoms with Crippen molar-refractivity contribution < 1.29 is 4.79 Å². The van der Waals surface area contributed by atoms with Crippen molar-refractivity contribution in [3.63, 3.8) is 0 Å². The zero-order valence-corrected chi connectivity index (χ0v) is 17.6. The SMILES string of the molecule is N[C@@H](Cc1cccc(N2CCNCC2)c1)C[C@@H]1NCCN(Cc2ccccc2)C1=O. The topological polar surface area (TPSA) is 73.6 Å². The van der Waals surface area contributed by atoms with E-state index in [1.807, 2.05) is 23.1 Å². The third kappa shape index (κ3) is 5.39. The Morgan fingerprint density at radius 3 is 2.53 bits per heavy atom. The molecule has 2 saturated heterocycles. The maximum atomic E-state index is 13.0. The van der Waals surface area contributed by atoms with Gasteiger partial charge in [-0.3, -0.25) is 4.79 Å². The molecule has 2 aromatic carbocycles. The highest BCUT2D eigenvalue weighted by molar-refractivity contribution is 5.82. The van der Waals surface area contributed by atoms with Crippen LogP contribution in [0.3, 0.4) is 0 Å². The predicted molar refractivity (Wildman–Crippen MR) is 121 cm³/mol. The van der Waals surface area contributed by atoms with Gasteiger partial charge in [0, 0.05) is 57.5 Å². The van der Waals surface area contributed by atoms with E-state index in [0.717, 1.165) is 45.7 Å². The monoisotopic (exact) mass is 407 g/mol. The number of rotatable bonds is 7. The molecule has 0 saturated carbocycles. The van der Waals surface area contributed by atoms with Gasteiger partial charge in [-0.2, -0.15) is 0 Å². The average Bonchev–Trinajstić information content (AvgIpc) is 2.78. The van der Waals surface area contributed by atoms with E-state index in [2.05, 4.69) is 51.9 Å². The summed E-state index contributed by atoms with van der Waals surface area (Å²) in [7, 11) is 0. The molecule has 1 amide bonds. The van der Waals surface area contributed by atoms with E-state index in [9.17, 15) is 4.79 Å².